The van der Waals surface area contributed by atoms with Gasteiger partial charge in [-0.1, -0.05) is 18.2 Å². The highest BCUT2D eigenvalue weighted by Gasteiger charge is 2.23. The Morgan fingerprint density at radius 3 is 2.84 bits per heavy atom. The molecule has 2 amide bonds. The largest absolute Gasteiger partial charge is 0.366 e. The Bertz CT molecular complexity index is 770. The van der Waals surface area contributed by atoms with Gasteiger partial charge in [0, 0.05) is 37.8 Å². The minimum atomic E-state index is -0.511. The fourth-order valence-electron chi connectivity index (χ4n) is 3.35. The zero-order chi connectivity index (χ0) is 17.8. The molecule has 1 aliphatic heterocycles. The molecule has 25 heavy (non-hydrogen) atoms. The maximum absolute atomic E-state index is 12.4. The first-order valence-electron chi connectivity index (χ1n) is 8.44. The first kappa shape index (κ1) is 17.0. The topological polar surface area (TPSA) is 93.2 Å². The number of nitrogens with zero attached hydrogens (tertiary/aromatic N) is 3. The van der Waals surface area contributed by atoms with Crippen LogP contribution in [-0.4, -0.2) is 40.7 Å². The molecule has 1 fully saturated rings. The second-order valence-electron chi connectivity index (χ2n) is 6.36. The van der Waals surface area contributed by atoms with E-state index >= 15 is 0 Å². The highest BCUT2D eigenvalue weighted by atomic mass is 16.2. The first-order chi connectivity index (χ1) is 12.0. The maximum atomic E-state index is 12.4. The quantitative estimate of drug-likeness (QED) is 0.843. The SMILES string of the molecule is Cn1nccc1N1CCCC(NC(=O)Cc2ccccc2C(N)=O)C1. The van der Waals surface area contributed by atoms with E-state index in [1.165, 1.54) is 0 Å². The molecule has 2 aromatic rings. The van der Waals surface area contributed by atoms with Crippen LogP contribution >= 0.6 is 0 Å². The molecule has 1 aromatic carbocycles. The molecular weight excluding hydrogens is 318 g/mol. The van der Waals surface area contributed by atoms with Crippen LogP contribution in [0.3, 0.4) is 0 Å². The lowest BCUT2D eigenvalue weighted by Gasteiger charge is -2.34. The Hall–Kier alpha value is -2.83. The van der Waals surface area contributed by atoms with Gasteiger partial charge in [-0.05, 0) is 24.5 Å². The summed E-state index contributed by atoms with van der Waals surface area (Å²) in [5.74, 6) is 0.451. The predicted octanol–water partition coefficient (Wildman–Crippen LogP) is 0.847. The van der Waals surface area contributed by atoms with Crippen LogP contribution in [0.25, 0.3) is 0 Å². The van der Waals surface area contributed by atoms with E-state index in [2.05, 4.69) is 15.3 Å². The number of hydrogen-bond donors (Lipinski definition) is 2. The van der Waals surface area contributed by atoms with Crippen LogP contribution in [0.2, 0.25) is 0 Å². The molecule has 0 saturated carbocycles. The number of hydrogen-bond acceptors (Lipinski definition) is 4. The number of nitrogens with one attached hydrogen (secondary N) is 1. The van der Waals surface area contributed by atoms with Crippen LogP contribution in [0.4, 0.5) is 5.82 Å². The molecule has 7 heteroatoms. The van der Waals surface area contributed by atoms with Crippen molar-refractivity contribution in [1.29, 1.82) is 0 Å². The van der Waals surface area contributed by atoms with Crippen LogP contribution in [-0.2, 0) is 18.3 Å². The van der Waals surface area contributed by atoms with E-state index in [9.17, 15) is 9.59 Å². The van der Waals surface area contributed by atoms with Crippen molar-refractivity contribution in [3.63, 3.8) is 0 Å². The summed E-state index contributed by atoms with van der Waals surface area (Å²) in [5, 5.41) is 7.29. The average Bonchev–Trinajstić information content (AvgIpc) is 3.01. The number of nitrogens with two attached hydrogens (primary N) is 1. The smallest absolute Gasteiger partial charge is 0.248 e. The molecule has 132 valence electrons. The highest BCUT2D eigenvalue weighted by molar-refractivity contribution is 5.95. The standard InChI is InChI=1S/C18H23N5O2/c1-22-17(8-9-20-22)23-10-4-6-14(12-23)21-16(24)11-13-5-2-3-7-15(13)18(19)25/h2-3,5,7-9,14H,4,6,10-12H2,1H3,(H2,19,25)(H,21,24). The van der Waals surface area contributed by atoms with Gasteiger partial charge >= 0.3 is 0 Å². The molecule has 1 unspecified atom stereocenters. The van der Waals surface area contributed by atoms with Crippen LogP contribution < -0.4 is 16.0 Å². The molecule has 7 nitrogen and oxygen atoms in total. The number of amides is 2. The van der Waals surface area contributed by atoms with Crippen LogP contribution in [0.5, 0.6) is 0 Å². The summed E-state index contributed by atoms with van der Waals surface area (Å²) in [4.78, 5) is 26.1. The van der Waals surface area contributed by atoms with Gasteiger partial charge in [-0.25, -0.2) is 0 Å². The number of aromatic nitrogens is 2. The summed E-state index contributed by atoms with van der Waals surface area (Å²) in [5.41, 5.74) is 6.44. The van der Waals surface area contributed by atoms with E-state index in [0.717, 1.165) is 31.7 Å². The van der Waals surface area contributed by atoms with Crippen molar-refractivity contribution in [3.8, 4) is 0 Å². The number of primary amides is 1. The summed E-state index contributed by atoms with van der Waals surface area (Å²) in [6, 6.07) is 9.02. The van der Waals surface area contributed by atoms with Crippen LogP contribution in [0.1, 0.15) is 28.8 Å². The second kappa shape index (κ2) is 7.38. The molecule has 3 N–H and O–H groups in total. The molecule has 1 aliphatic rings. The Balaban J connectivity index is 1.61. The van der Waals surface area contributed by atoms with Gasteiger partial charge < -0.3 is 16.0 Å². The summed E-state index contributed by atoms with van der Waals surface area (Å²) < 4.78 is 1.84. The van der Waals surface area contributed by atoms with E-state index in [1.54, 1.807) is 30.5 Å². The molecule has 1 atom stereocenters. The minimum Gasteiger partial charge on any atom is -0.366 e. The fourth-order valence-corrected chi connectivity index (χ4v) is 3.35. The lowest BCUT2D eigenvalue weighted by Crippen LogP contribution is -2.48. The maximum Gasteiger partial charge on any atom is 0.248 e. The van der Waals surface area contributed by atoms with Gasteiger partial charge in [-0.2, -0.15) is 5.10 Å². The number of benzene rings is 1. The Morgan fingerprint density at radius 2 is 2.12 bits per heavy atom. The van der Waals surface area contributed by atoms with Gasteiger partial charge in [-0.15, -0.1) is 0 Å². The predicted molar refractivity (Wildman–Crippen MR) is 95.2 cm³/mol. The molecule has 0 bridgehead atoms. The second-order valence-corrected chi connectivity index (χ2v) is 6.36. The summed E-state index contributed by atoms with van der Waals surface area (Å²) in [6.45, 7) is 1.71. The third kappa shape index (κ3) is 3.99. The molecular formula is C18H23N5O2. The number of carbonyl (C=O) groups excluding carboxylic acids is 2. The lowest BCUT2D eigenvalue weighted by molar-refractivity contribution is -0.121. The third-order valence-corrected chi connectivity index (χ3v) is 4.54. The Kier molecular flexibility index (Phi) is 5.02. The molecule has 0 aliphatic carbocycles. The van der Waals surface area contributed by atoms with Crippen molar-refractivity contribution >= 4 is 17.6 Å². The van der Waals surface area contributed by atoms with Crippen molar-refractivity contribution < 1.29 is 9.59 Å². The van der Waals surface area contributed by atoms with Crippen molar-refractivity contribution in [2.45, 2.75) is 25.3 Å². The molecule has 0 spiro atoms. The van der Waals surface area contributed by atoms with E-state index < -0.39 is 5.91 Å². The monoisotopic (exact) mass is 341 g/mol. The number of piperidine rings is 1. The fraction of sp³-hybridized carbons (Fsp3) is 0.389. The van der Waals surface area contributed by atoms with Gasteiger partial charge in [0.15, 0.2) is 0 Å². The highest BCUT2D eigenvalue weighted by Crippen LogP contribution is 2.19. The lowest BCUT2D eigenvalue weighted by atomic mass is 10.0. The van der Waals surface area contributed by atoms with Crippen molar-refractivity contribution in [1.82, 2.24) is 15.1 Å². The zero-order valence-corrected chi connectivity index (χ0v) is 14.3. The number of rotatable bonds is 5. The van der Waals surface area contributed by atoms with Crippen LogP contribution in [0.15, 0.2) is 36.5 Å². The third-order valence-electron chi connectivity index (χ3n) is 4.54. The van der Waals surface area contributed by atoms with Crippen molar-refractivity contribution in [2.75, 3.05) is 18.0 Å². The molecule has 1 aromatic heterocycles. The zero-order valence-electron chi connectivity index (χ0n) is 14.3. The molecule has 2 heterocycles. The number of aryl methyl sites for hydroxylation is 1. The number of anilines is 1. The Morgan fingerprint density at radius 1 is 1.32 bits per heavy atom. The molecule has 3 rings (SSSR count). The molecule has 1 saturated heterocycles. The summed E-state index contributed by atoms with van der Waals surface area (Å²) >= 11 is 0. The van der Waals surface area contributed by atoms with Crippen LogP contribution in [0, 0.1) is 0 Å². The Labute approximate surface area is 146 Å². The van der Waals surface area contributed by atoms with Gasteiger partial charge in [0.2, 0.25) is 11.8 Å². The van der Waals surface area contributed by atoms with E-state index in [4.69, 9.17) is 5.73 Å². The average molecular weight is 341 g/mol. The van der Waals surface area contributed by atoms with Gasteiger partial charge in [0.1, 0.15) is 5.82 Å². The van der Waals surface area contributed by atoms with E-state index in [1.807, 2.05) is 17.8 Å². The van der Waals surface area contributed by atoms with E-state index in [0.29, 0.717) is 11.1 Å². The van der Waals surface area contributed by atoms with Gasteiger partial charge in [-0.3, -0.25) is 14.3 Å². The van der Waals surface area contributed by atoms with Crippen molar-refractivity contribution in [3.05, 3.63) is 47.7 Å². The van der Waals surface area contributed by atoms with E-state index in [-0.39, 0.29) is 18.4 Å². The summed E-state index contributed by atoms with van der Waals surface area (Å²) in [7, 11) is 1.91. The number of carbonyl (C=O) groups is 2. The first-order valence-corrected chi connectivity index (χ1v) is 8.44. The minimum absolute atomic E-state index is 0.0805. The summed E-state index contributed by atoms with van der Waals surface area (Å²) in [6.07, 6.45) is 3.88. The van der Waals surface area contributed by atoms with Gasteiger partial charge in [0.05, 0.1) is 12.6 Å². The molecule has 0 radical (unpaired) electrons. The van der Waals surface area contributed by atoms with Gasteiger partial charge in [0.25, 0.3) is 0 Å². The normalized spacial score (nSPS) is 17.3. The van der Waals surface area contributed by atoms with Crippen molar-refractivity contribution in [2.24, 2.45) is 12.8 Å².